The van der Waals surface area contributed by atoms with Crippen LogP contribution in [0.5, 0.6) is 0 Å². The van der Waals surface area contributed by atoms with Gasteiger partial charge in [-0.05, 0) is 53.2 Å². The highest BCUT2D eigenvalue weighted by Gasteiger charge is 2.11. The number of nitrogens with one attached hydrogen (secondary N) is 2. The second-order valence-electron chi connectivity index (χ2n) is 6.79. The van der Waals surface area contributed by atoms with E-state index in [-0.39, 0.29) is 29.5 Å². The number of para-hydroxylation sites is 2. The largest absolute Gasteiger partial charge is 0.357 e. The number of halogens is 1. The predicted octanol–water partition coefficient (Wildman–Crippen LogP) is 3.71. The summed E-state index contributed by atoms with van der Waals surface area (Å²) in [5.41, 5.74) is 2.28. The molecule has 1 aromatic heterocycles. The maximum Gasteiger partial charge on any atom is 0.191 e. The van der Waals surface area contributed by atoms with Crippen molar-refractivity contribution in [1.82, 2.24) is 20.2 Å². The Bertz CT molecular complexity index is 670. The zero-order valence-corrected chi connectivity index (χ0v) is 17.7. The van der Waals surface area contributed by atoms with Gasteiger partial charge in [0.25, 0.3) is 0 Å². The lowest BCUT2D eigenvalue weighted by Gasteiger charge is -2.23. The fourth-order valence-electron chi connectivity index (χ4n) is 2.56. The fraction of sp³-hybridized carbons (Fsp3) is 0.556. The summed E-state index contributed by atoms with van der Waals surface area (Å²) in [7, 11) is 0. The van der Waals surface area contributed by atoms with Crippen LogP contribution in [0.1, 0.15) is 39.9 Å². The third kappa shape index (κ3) is 5.96. The Morgan fingerprint density at radius 2 is 1.96 bits per heavy atom. The first kappa shape index (κ1) is 20.7. The normalized spacial score (nSPS) is 12.1. The minimum atomic E-state index is 0. The van der Waals surface area contributed by atoms with Gasteiger partial charge in [-0.1, -0.05) is 12.1 Å². The van der Waals surface area contributed by atoms with Gasteiger partial charge in [-0.25, -0.2) is 4.98 Å². The first-order valence-corrected chi connectivity index (χ1v) is 8.39. The average molecular weight is 443 g/mol. The zero-order valence-electron chi connectivity index (χ0n) is 15.4. The second-order valence-corrected chi connectivity index (χ2v) is 6.79. The summed E-state index contributed by atoms with van der Waals surface area (Å²) in [6.45, 7) is 13.2. The summed E-state index contributed by atoms with van der Waals surface area (Å²) >= 11 is 0. The molecule has 0 saturated heterocycles. The van der Waals surface area contributed by atoms with Gasteiger partial charge in [0.2, 0.25) is 0 Å². The number of aliphatic imine (C=N–C) groups is 1. The Hall–Kier alpha value is -1.31. The minimum Gasteiger partial charge on any atom is -0.357 e. The highest BCUT2D eigenvalue weighted by atomic mass is 127. The average Bonchev–Trinajstić information content (AvgIpc) is 2.78. The maximum atomic E-state index is 4.67. The zero-order chi connectivity index (χ0) is 16.9. The van der Waals surface area contributed by atoms with Crippen molar-refractivity contribution in [2.24, 2.45) is 4.99 Å². The number of imidazole rings is 1. The van der Waals surface area contributed by atoms with E-state index in [4.69, 9.17) is 0 Å². The van der Waals surface area contributed by atoms with Crippen LogP contribution >= 0.6 is 24.0 Å². The number of nitrogens with zero attached hydrogens (tertiary/aromatic N) is 3. The summed E-state index contributed by atoms with van der Waals surface area (Å²) in [6.07, 6.45) is 0.988. The van der Waals surface area contributed by atoms with Gasteiger partial charge < -0.3 is 15.2 Å². The lowest BCUT2D eigenvalue weighted by atomic mass is 10.1. The number of rotatable bonds is 5. The molecule has 24 heavy (non-hydrogen) atoms. The SMILES string of the molecule is CCNC(=NCCCn1c(C)nc2ccccc21)NC(C)(C)C.I. The molecule has 0 fully saturated rings. The Labute approximate surface area is 162 Å². The van der Waals surface area contributed by atoms with Gasteiger partial charge >= 0.3 is 0 Å². The van der Waals surface area contributed by atoms with Gasteiger partial charge in [0.15, 0.2) is 5.96 Å². The quantitative estimate of drug-likeness (QED) is 0.321. The lowest BCUT2D eigenvalue weighted by Crippen LogP contribution is -2.47. The van der Waals surface area contributed by atoms with Gasteiger partial charge in [-0.2, -0.15) is 0 Å². The van der Waals surface area contributed by atoms with Crippen molar-refractivity contribution in [3.63, 3.8) is 0 Å². The van der Waals surface area contributed by atoms with E-state index in [0.717, 1.165) is 43.4 Å². The molecule has 0 bridgehead atoms. The van der Waals surface area contributed by atoms with E-state index in [1.807, 2.05) is 6.07 Å². The van der Waals surface area contributed by atoms with Crippen LogP contribution in [0.2, 0.25) is 0 Å². The van der Waals surface area contributed by atoms with E-state index in [9.17, 15) is 0 Å². The maximum absolute atomic E-state index is 4.67. The third-order valence-electron chi connectivity index (χ3n) is 3.49. The van der Waals surface area contributed by atoms with E-state index in [1.54, 1.807) is 0 Å². The summed E-state index contributed by atoms with van der Waals surface area (Å²) in [4.78, 5) is 9.28. The molecule has 2 rings (SSSR count). The lowest BCUT2D eigenvalue weighted by molar-refractivity contribution is 0.501. The van der Waals surface area contributed by atoms with Crippen molar-refractivity contribution in [2.75, 3.05) is 13.1 Å². The van der Waals surface area contributed by atoms with Crippen LogP contribution in [-0.2, 0) is 6.54 Å². The van der Waals surface area contributed by atoms with Crippen LogP contribution in [0, 0.1) is 6.92 Å². The third-order valence-corrected chi connectivity index (χ3v) is 3.49. The van der Waals surface area contributed by atoms with Gasteiger partial charge in [-0.3, -0.25) is 4.99 Å². The van der Waals surface area contributed by atoms with E-state index in [1.165, 1.54) is 5.52 Å². The predicted molar refractivity (Wildman–Crippen MR) is 113 cm³/mol. The van der Waals surface area contributed by atoms with Crippen molar-refractivity contribution in [1.29, 1.82) is 0 Å². The molecule has 0 aliphatic rings. The highest BCUT2D eigenvalue weighted by Crippen LogP contribution is 2.15. The van der Waals surface area contributed by atoms with Crippen molar-refractivity contribution in [2.45, 2.75) is 53.1 Å². The number of hydrogen-bond donors (Lipinski definition) is 2. The molecule has 0 saturated carbocycles. The number of aromatic nitrogens is 2. The van der Waals surface area contributed by atoms with Crippen LogP contribution in [0.25, 0.3) is 11.0 Å². The molecule has 1 heterocycles. The molecule has 0 aliphatic carbocycles. The minimum absolute atomic E-state index is 0. The van der Waals surface area contributed by atoms with E-state index in [0.29, 0.717) is 0 Å². The molecule has 0 unspecified atom stereocenters. The molecule has 0 amide bonds. The molecule has 1 aromatic carbocycles. The Kier molecular flexibility index (Phi) is 7.99. The molecule has 0 radical (unpaired) electrons. The van der Waals surface area contributed by atoms with Crippen LogP contribution in [0.3, 0.4) is 0 Å². The van der Waals surface area contributed by atoms with Crippen LogP contribution in [0.15, 0.2) is 29.3 Å². The molecule has 0 spiro atoms. The molecule has 0 aliphatic heterocycles. The molecule has 134 valence electrons. The van der Waals surface area contributed by atoms with Crippen molar-refractivity contribution >= 4 is 41.0 Å². The van der Waals surface area contributed by atoms with Gasteiger partial charge in [0, 0.05) is 25.2 Å². The number of benzene rings is 1. The summed E-state index contributed by atoms with van der Waals surface area (Å²) < 4.78 is 2.27. The second kappa shape index (κ2) is 9.25. The van der Waals surface area contributed by atoms with E-state index >= 15 is 0 Å². The summed E-state index contributed by atoms with van der Waals surface area (Å²) in [5.74, 6) is 1.95. The van der Waals surface area contributed by atoms with E-state index in [2.05, 4.69) is 78.0 Å². The fourth-order valence-corrected chi connectivity index (χ4v) is 2.56. The number of guanidine groups is 1. The number of aryl methyl sites for hydroxylation is 2. The van der Waals surface area contributed by atoms with Gasteiger partial charge in [0.05, 0.1) is 11.0 Å². The molecule has 2 N–H and O–H groups in total. The van der Waals surface area contributed by atoms with Crippen LogP contribution in [-0.4, -0.2) is 34.1 Å². The summed E-state index contributed by atoms with van der Waals surface area (Å²) in [6, 6.07) is 8.29. The smallest absolute Gasteiger partial charge is 0.191 e. The standard InChI is InChI=1S/C18H29N5.HI/c1-6-19-17(22-18(3,4)5)20-12-9-13-23-14(2)21-15-10-7-8-11-16(15)23;/h7-8,10-11H,6,9,12-13H2,1-5H3,(H2,19,20,22);1H. The van der Waals surface area contributed by atoms with Crippen molar-refractivity contribution < 1.29 is 0 Å². The van der Waals surface area contributed by atoms with E-state index < -0.39 is 0 Å². The molecule has 0 atom stereocenters. The topological polar surface area (TPSA) is 54.2 Å². The Morgan fingerprint density at radius 1 is 1.25 bits per heavy atom. The summed E-state index contributed by atoms with van der Waals surface area (Å²) in [5, 5.41) is 6.71. The number of fused-ring (bicyclic) bond motifs is 1. The van der Waals surface area contributed by atoms with Crippen molar-refractivity contribution in [3.8, 4) is 0 Å². The monoisotopic (exact) mass is 443 g/mol. The van der Waals surface area contributed by atoms with Crippen molar-refractivity contribution in [3.05, 3.63) is 30.1 Å². The molecule has 6 heteroatoms. The molecular weight excluding hydrogens is 413 g/mol. The first-order valence-electron chi connectivity index (χ1n) is 8.39. The molecule has 5 nitrogen and oxygen atoms in total. The Morgan fingerprint density at radius 3 is 2.62 bits per heavy atom. The highest BCUT2D eigenvalue weighted by molar-refractivity contribution is 14.0. The van der Waals surface area contributed by atoms with Gasteiger partial charge in [-0.15, -0.1) is 24.0 Å². The number of hydrogen-bond acceptors (Lipinski definition) is 2. The molecular formula is C18H30IN5. The molecule has 2 aromatic rings. The van der Waals surface area contributed by atoms with Crippen LogP contribution in [0.4, 0.5) is 0 Å². The Balaban J connectivity index is 0.00000288. The first-order chi connectivity index (χ1) is 10.9. The van der Waals surface area contributed by atoms with Gasteiger partial charge in [0.1, 0.15) is 5.82 Å². The van der Waals surface area contributed by atoms with Crippen LogP contribution < -0.4 is 10.6 Å².